The SMILES string of the molecule is CCn1nc(C)c(Cl)c1CNC1CCN2CCCCC12. The maximum absolute atomic E-state index is 6.38. The Morgan fingerprint density at radius 2 is 2.15 bits per heavy atom. The van der Waals surface area contributed by atoms with E-state index in [0.717, 1.165) is 35.5 Å². The van der Waals surface area contributed by atoms with Gasteiger partial charge in [-0.05, 0) is 39.7 Å². The van der Waals surface area contributed by atoms with Crippen LogP contribution in [0.4, 0.5) is 0 Å². The minimum Gasteiger partial charge on any atom is -0.307 e. The van der Waals surface area contributed by atoms with E-state index >= 15 is 0 Å². The first-order valence-corrected chi connectivity index (χ1v) is 8.27. The van der Waals surface area contributed by atoms with E-state index in [4.69, 9.17) is 11.6 Å². The molecule has 0 bridgehead atoms. The molecule has 20 heavy (non-hydrogen) atoms. The summed E-state index contributed by atoms with van der Waals surface area (Å²) in [7, 11) is 0. The number of nitrogens with one attached hydrogen (secondary N) is 1. The Labute approximate surface area is 126 Å². The summed E-state index contributed by atoms with van der Waals surface area (Å²) in [5.41, 5.74) is 2.08. The lowest BCUT2D eigenvalue weighted by molar-refractivity contribution is 0.180. The number of halogens is 1. The van der Waals surface area contributed by atoms with Gasteiger partial charge in [-0.15, -0.1) is 0 Å². The molecule has 2 fully saturated rings. The molecule has 1 N–H and O–H groups in total. The molecular weight excluding hydrogens is 272 g/mol. The third kappa shape index (κ3) is 2.61. The van der Waals surface area contributed by atoms with Crippen molar-refractivity contribution in [1.29, 1.82) is 0 Å². The topological polar surface area (TPSA) is 33.1 Å². The van der Waals surface area contributed by atoms with Crippen LogP contribution in [0.3, 0.4) is 0 Å². The first-order valence-electron chi connectivity index (χ1n) is 7.90. The number of fused-ring (bicyclic) bond motifs is 1. The van der Waals surface area contributed by atoms with Crippen molar-refractivity contribution in [2.45, 2.75) is 64.7 Å². The van der Waals surface area contributed by atoms with E-state index < -0.39 is 0 Å². The van der Waals surface area contributed by atoms with Gasteiger partial charge in [0.05, 0.1) is 16.4 Å². The number of rotatable bonds is 4. The highest BCUT2D eigenvalue weighted by Crippen LogP contribution is 2.28. The molecular formula is C15H25ClN4. The van der Waals surface area contributed by atoms with E-state index in [-0.39, 0.29) is 0 Å². The van der Waals surface area contributed by atoms with E-state index in [0.29, 0.717) is 6.04 Å². The maximum Gasteiger partial charge on any atom is 0.0860 e. The molecule has 2 saturated heterocycles. The van der Waals surface area contributed by atoms with Crippen molar-refractivity contribution in [1.82, 2.24) is 20.0 Å². The predicted molar refractivity (Wildman–Crippen MR) is 82.1 cm³/mol. The van der Waals surface area contributed by atoms with Crippen molar-refractivity contribution in [3.8, 4) is 0 Å². The van der Waals surface area contributed by atoms with E-state index in [1.54, 1.807) is 0 Å². The summed E-state index contributed by atoms with van der Waals surface area (Å²) in [6, 6.07) is 1.36. The number of piperidine rings is 1. The summed E-state index contributed by atoms with van der Waals surface area (Å²) in [5, 5.41) is 9.06. The fourth-order valence-corrected chi connectivity index (χ4v) is 3.95. The van der Waals surface area contributed by atoms with Crippen LogP contribution in [0, 0.1) is 6.92 Å². The molecule has 0 radical (unpaired) electrons. The minimum absolute atomic E-state index is 0.617. The summed E-state index contributed by atoms with van der Waals surface area (Å²) in [6.07, 6.45) is 5.36. The molecule has 0 amide bonds. The zero-order valence-corrected chi connectivity index (χ0v) is 13.3. The number of hydrogen-bond acceptors (Lipinski definition) is 3. The second-order valence-electron chi connectivity index (χ2n) is 6.04. The summed E-state index contributed by atoms with van der Waals surface area (Å²) >= 11 is 6.38. The van der Waals surface area contributed by atoms with Crippen LogP contribution < -0.4 is 5.32 Å². The molecule has 2 aliphatic heterocycles. The summed E-state index contributed by atoms with van der Waals surface area (Å²) < 4.78 is 2.03. The molecule has 0 aromatic carbocycles. The highest BCUT2D eigenvalue weighted by Gasteiger charge is 2.35. The van der Waals surface area contributed by atoms with Crippen molar-refractivity contribution in [2.24, 2.45) is 0 Å². The summed E-state index contributed by atoms with van der Waals surface area (Å²) in [5.74, 6) is 0. The zero-order chi connectivity index (χ0) is 14.1. The largest absolute Gasteiger partial charge is 0.307 e. The third-order valence-electron chi connectivity index (χ3n) is 4.84. The Bertz CT molecular complexity index is 471. The van der Waals surface area contributed by atoms with Crippen LogP contribution in [0.5, 0.6) is 0 Å². The van der Waals surface area contributed by atoms with Crippen LogP contribution in [0.1, 0.15) is 44.0 Å². The van der Waals surface area contributed by atoms with Crippen molar-refractivity contribution in [3.05, 3.63) is 16.4 Å². The summed E-state index contributed by atoms with van der Waals surface area (Å²) in [4.78, 5) is 2.66. The maximum atomic E-state index is 6.38. The minimum atomic E-state index is 0.617. The highest BCUT2D eigenvalue weighted by atomic mass is 35.5. The second-order valence-corrected chi connectivity index (χ2v) is 6.41. The van der Waals surface area contributed by atoms with Gasteiger partial charge in [-0.3, -0.25) is 9.58 Å². The van der Waals surface area contributed by atoms with E-state index in [9.17, 15) is 0 Å². The molecule has 2 aliphatic rings. The Morgan fingerprint density at radius 3 is 2.95 bits per heavy atom. The van der Waals surface area contributed by atoms with Crippen molar-refractivity contribution in [3.63, 3.8) is 0 Å². The molecule has 2 unspecified atom stereocenters. The van der Waals surface area contributed by atoms with Gasteiger partial charge in [0.1, 0.15) is 0 Å². The molecule has 0 aliphatic carbocycles. The van der Waals surface area contributed by atoms with E-state index in [1.165, 1.54) is 38.8 Å². The van der Waals surface area contributed by atoms with Crippen molar-refractivity contribution < 1.29 is 0 Å². The lowest BCUT2D eigenvalue weighted by Crippen LogP contribution is -2.44. The lowest BCUT2D eigenvalue weighted by Gasteiger charge is -2.32. The lowest BCUT2D eigenvalue weighted by atomic mass is 9.99. The van der Waals surface area contributed by atoms with Gasteiger partial charge in [-0.1, -0.05) is 18.0 Å². The molecule has 3 heterocycles. The van der Waals surface area contributed by atoms with Gasteiger partial charge in [-0.25, -0.2) is 0 Å². The van der Waals surface area contributed by atoms with Gasteiger partial charge in [0.2, 0.25) is 0 Å². The molecule has 4 nitrogen and oxygen atoms in total. The van der Waals surface area contributed by atoms with Crippen LogP contribution in [-0.4, -0.2) is 39.9 Å². The van der Waals surface area contributed by atoms with Crippen LogP contribution in [0.2, 0.25) is 5.02 Å². The highest BCUT2D eigenvalue weighted by molar-refractivity contribution is 6.31. The molecule has 0 saturated carbocycles. The molecule has 5 heteroatoms. The fraction of sp³-hybridized carbons (Fsp3) is 0.800. The Hall–Kier alpha value is -0.580. The molecule has 112 valence electrons. The van der Waals surface area contributed by atoms with Crippen molar-refractivity contribution >= 4 is 11.6 Å². The van der Waals surface area contributed by atoms with Crippen LogP contribution in [0.15, 0.2) is 0 Å². The third-order valence-corrected chi connectivity index (χ3v) is 5.33. The number of aryl methyl sites for hydroxylation is 2. The smallest absolute Gasteiger partial charge is 0.0860 e. The van der Waals surface area contributed by atoms with Gasteiger partial charge >= 0.3 is 0 Å². The Morgan fingerprint density at radius 1 is 1.30 bits per heavy atom. The zero-order valence-electron chi connectivity index (χ0n) is 12.5. The average Bonchev–Trinajstić information content (AvgIpc) is 3.00. The van der Waals surface area contributed by atoms with Crippen molar-refractivity contribution in [2.75, 3.05) is 13.1 Å². The van der Waals surface area contributed by atoms with Crippen LogP contribution >= 0.6 is 11.6 Å². The van der Waals surface area contributed by atoms with Gasteiger partial charge in [-0.2, -0.15) is 5.10 Å². The first kappa shape index (κ1) is 14.4. The van der Waals surface area contributed by atoms with Gasteiger partial charge in [0.15, 0.2) is 0 Å². The van der Waals surface area contributed by atoms with Gasteiger partial charge in [0, 0.05) is 31.7 Å². The second kappa shape index (κ2) is 6.04. The summed E-state index contributed by atoms with van der Waals surface area (Å²) in [6.45, 7) is 8.35. The first-order chi connectivity index (χ1) is 9.70. The number of hydrogen-bond donors (Lipinski definition) is 1. The molecule has 2 atom stereocenters. The normalized spacial score (nSPS) is 26.9. The number of aromatic nitrogens is 2. The van der Waals surface area contributed by atoms with Crippen LogP contribution in [0.25, 0.3) is 0 Å². The van der Waals surface area contributed by atoms with Crippen LogP contribution in [-0.2, 0) is 13.1 Å². The van der Waals surface area contributed by atoms with E-state index in [1.807, 2.05) is 11.6 Å². The molecule has 3 rings (SSSR count). The van der Waals surface area contributed by atoms with Gasteiger partial charge in [0.25, 0.3) is 0 Å². The predicted octanol–water partition coefficient (Wildman–Crippen LogP) is 2.58. The quantitative estimate of drug-likeness (QED) is 0.927. The standard InChI is InChI=1S/C15H25ClN4/c1-3-20-14(15(16)11(2)18-20)10-17-12-7-9-19-8-5-4-6-13(12)19/h12-13,17H,3-10H2,1-2H3. The molecule has 1 aromatic heterocycles. The monoisotopic (exact) mass is 296 g/mol. The Kier molecular flexibility index (Phi) is 4.34. The van der Waals surface area contributed by atoms with Gasteiger partial charge < -0.3 is 5.32 Å². The average molecular weight is 297 g/mol. The molecule has 1 aromatic rings. The fourth-order valence-electron chi connectivity index (χ4n) is 3.75. The molecule has 0 spiro atoms. The van der Waals surface area contributed by atoms with E-state index in [2.05, 4.69) is 22.2 Å². The number of nitrogens with zero attached hydrogens (tertiary/aromatic N) is 3. The Balaban J connectivity index is 1.65.